The first-order valence-corrected chi connectivity index (χ1v) is 9.88. The number of rotatable bonds is 12. The summed E-state index contributed by atoms with van der Waals surface area (Å²) in [4.78, 5) is 23.8. The normalized spacial score (nSPS) is 12.5. The molecule has 30 heavy (non-hydrogen) atoms. The van der Waals surface area contributed by atoms with Gasteiger partial charge in [0, 0.05) is 12.6 Å². The van der Waals surface area contributed by atoms with Crippen LogP contribution in [0.15, 0.2) is 60.7 Å². The van der Waals surface area contributed by atoms with Gasteiger partial charge in [0.1, 0.15) is 6.04 Å². The highest BCUT2D eigenvalue weighted by Crippen LogP contribution is 2.18. The van der Waals surface area contributed by atoms with Crippen LogP contribution < -0.4 is 21.7 Å². The van der Waals surface area contributed by atoms with Crippen LogP contribution in [0.3, 0.4) is 0 Å². The Balaban J connectivity index is 1.92. The smallest absolute Gasteiger partial charge is 0.326 e. The molecule has 0 aliphatic rings. The molecule has 2 unspecified atom stereocenters. The van der Waals surface area contributed by atoms with Crippen LogP contribution in [0.25, 0.3) is 0 Å². The molecular weight excluding hydrogens is 382 g/mol. The van der Waals surface area contributed by atoms with Crippen molar-refractivity contribution in [2.24, 2.45) is 5.73 Å². The molecule has 0 saturated heterocycles. The zero-order valence-electron chi connectivity index (χ0n) is 16.8. The molecule has 0 saturated carbocycles. The average Bonchev–Trinajstić information content (AvgIpc) is 2.74. The Morgan fingerprint density at radius 1 is 1.03 bits per heavy atom. The van der Waals surface area contributed by atoms with Gasteiger partial charge in [-0.25, -0.2) is 4.79 Å². The van der Waals surface area contributed by atoms with Crippen LogP contribution in [0, 0.1) is 5.41 Å². The van der Waals surface area contributed by atoms with Gasteiger partial charge in [-0.3, -0.25) is 10.2 Å². The quantitative estimate of drug-likeness (QED) is 0.177. The van der Waals surface area contributed by atoms with E-state index in [0.29, 0.717) is 19.4 Å². The highest BCUT2D eigenvalue weighted by Gasteiger charge is 2.20. The highest BCUT2D eigenvalue weighted by molar-refractivity contribution is 5.84. The lowest BCUT2D eigenvalue weighted by atomic mass is 9.99. The molecule has 0 fully saturated rings. The second-order valence-corrected chi connectivity index (χ2v) is 6.97. The lowest BCUT2D eigenvalue weighted by molar-refractivity contribution is -0.141. The Morgan fingerprint density at radius 2 is 1.67 bits per heavy atom. The fraction of sp³-hybridized carbons (Fsp3) is 0.318. The average molecular weight is 412 g/mol. The number of carboxylic acids is 1. The highest BCUT2D eigenvalue weighted by atomic mass is 16.4. The molecule has 8 nitrogen and oxygen atoms in total. The monoisotopic (exact) mass is 411 g/mol. The van der Waals surface area contributed by atoms with Crippen LogP contribution in [-0.2, 0) is 16.0 Å². The van der Waals surface area contributed by atoms with Crippen molar-refractivity contribution in [3.05, 3.63) is 71.8 Å². The van der Waals surface area contributed by atoms with E-state index in [0.717, 1.165) is 11.1 Å². The van der Waals surface area contributed by atoms with E-state index >= 15 is 0 Å². The maximum Gasteiger partial charge on any atom is 0.326 e. The van der Waals surface area contributed by atoms with Gasteiger partial charge in [-0.15, -0.1) is 0 Å². The van der Waals surface area contributed by atoms with Gasteiger partial charge < -0.3 is 26.8 Å². The molecule has 2 aromatic rings. The SMILES string of the molecule is N=C(N)NCCCC(NC(=O)CNC(Cc1ccccc1)c1ccccc1)C(=O)O. The van der Waals surface area contributed by atoms with E-state index in [2.05, 4.69) is 16.0 Å². The van der Waals surface area contributed by atoms with E-state index in [1.165, 1.54) is 0 Å². The molecule has 0 spiro atoms. The summed E-state index contributed by atoms with van der Waals surface area (Å²) in [6.07, 6.45) is 1.41. The summed E-state index contributed by atoms with van der Waals surface area (Å²) in [6.45, 7) is 0.377. The van der Waals surface area contributed by atoms with Crippen LogP contribution in [0.4, 0.5) is 0 Å². The molecule has 0 bridgehead atoms. The summed E-state index contributed by atoms with van der Waals surface area (Å²) < 4.78 is 0. The minimum Gasteiger partial charge on any atom is -0.480 e. The van der Waals surface area contributed by atoms with Gasteiger partial charge >= 0.3 is 5.97 Å². The number of amides is 1. The summed E-state index contributed by atoms with van der Waals surface area (Å²) in [6, 6.07) is 18.7. The zero-order valence-corrected chi connectivity index (χ0v) is 16.8. The standard InChI is InChI=1S/C22H29N5O3/c23-22(24)25-13-7-12-18(21(29)30)27-20(28)15-26-19(17-10-5-2-6-11-17)14-16-8-3-1-4-9-16/h1-6,8-11,18-19,26H,7,12-15H2,(H,27,28)(H,29,30)(H4,23,24,25). The summed E-state index contributed by atoms with van der Waals surface area (Å²) in [7, 11) is 0. The fourth-order valence-electron chi connectivity index (χ4n) is 3.09. The Kier molecular flexibility index (Phi) is 9.33. The third-order valence-electron chi connectivity index (χ3n) is 4.61. The van der Waals surface area contributed by atoms with Gasteiger partial charge in [0.15, 0.2) is 5.96 Å². The molecule has 2 rings (SSSR count). The van der Waals surface area contributed by atoms with E-state index in [-0.39, 0.29) is 30.9 Å². The van der Waals surface area contributed by atoms with Crippen LogP contribution in [0.1, 0.15) is 30.0 Å². The molecule has 1 amide bonds. The van der Waals surface area contributed by atoms with Gasteiger partial charge in [-0.05, 0) is 30.4 Å². The molecule has 0 aromatic heterocycles. The van der Waals surface area contributed by atoms with Gasteiger partial charge in [0.05, 0.1) is 6.54 Å². The predicted octanol–water partition coefficient (Wildman–Crippen LogP) is 1.39. The molecule has 0 aliphatic heterocycles. The number of guanidine groups is 1. The van der Waals surface area contributed by atoms with Crippen LogP contribution in [0.5, 0.6) is 0 Å². The molecule has 7 N–H and O–H groups in total. The largest absolute Gasteiger partial charge is 0.480 e. The maximum atomic E-state index is 12.4. The lowest BCUT2D eigenvalue weighted by Gasteiger charge is -2.20. The molecule has 0 aliphatic carbocycles. The fourth-order valence-corrected chi connectivity index (χ4v) is 3.09. The van der Waals surface area contributed by atoms with E-state index in [4.69, 9.17) is 11.1 Å². The van der Waals surface area contributed by atoms with Crippen molar-refractivity contribution < 1.29 is 14.7 Å². The van der Waals surface area contributed by atoms with E-state index < -0.39 is 12.0 Å². The van der Waals surface area contributed by atoms with E-state index in [1.807, 2.05) is 60.7 Å². The number of aliphatic carboxylic acids is 1. The molecule has 2 atom stereocenters. The van der Waals surface area contributed by atoms with Crippen LogP contribution >= 0.6 is 0 Å². The lowest BCUT2D eigenvalue weighted by Crippen LogP contribution is -2.45. The molecule has 0 heterocycles. The topological polar surface area (TPSA) is 140 Å². The number of nitrogens with two attached hydrogens (primary N) is 1. The summed E-state index contributed by atoms with van der Waals surface area (Å²) >= 11 is 0. The Morgan fingerprint density at radius 3 is 2.27 bits per heavy atom. The predicted molar refractivity (Wildman–Crippen MR) is 116 cm³/mol. The van der Waals surface area contributed by atoms with Crippen molar-refractivity contribution >= 4 is 17.8 Å². The third-order valence-corrected chi connectivity index (χ3v) is 4.61. The van der Waals surface area contributed by atoms with E-state index in [1.54, 1.807) is 0 Å². The van der Waals surface area contributed by atoms with Gasteiger partial charge in [-0.2, -0.15) is 0 Å². The van der Waals surface area contributed by atoms with Gasteiger partial charge in [-0.1, -0.05) is 60.7 Å². The van der Waals surface area contributed by atoms with E-state index in [9.17, 15) is 14.7 Å². The number of carbonyl (C=O) groups excluding carboxylic acids is 1. The summed E-state index contributed by atoms with van der Waals surface area (Å²) in [5.74, 6) is -1.63. The number of benzene rings is 2. The first-order chi connectivity index (χ1) is 14.5. The molecule has 2 aromatic carbocycles. The van der Waals surface area contributed by atoms with Crippen molar-refractivity contribution in [1.29, 1.82) is 5.41 Å². The van der Waals surface area contributed by atoms with Crippen molar-refractivity contribution in [3.8, 4) is 0 Å². The van der Waals surface area contributed by atoms with Crippen LogP contribution in [0.2, 0.25) is 0 Å². The first kappa shape index (κ1) is 22.9. The number of carboxylic acid groups (broad SMARTS) is 1. The first-order valence-electron chi connectivity index (χ1n) is 9.88. The summed E-state index contributed by atoms with van der Waals surface area (Å²) in [5.41, 5.74) is 7.39. The molecule has 0 radical (unpaired) electrons. The molecule has 160 valence electrons. The Labute approximate surface area is 176 Å². The number of carbonyl (C=O) groups is 2. The number of hydrogen-bond acceptors (Lipinski definition) is 4. The van der Waals surface area contributed by atoms with Crippen molar-refractivity contribution in [3.63, 3.8) is 0 Å². The summed E-state index contributed by atoms with van der Waals surface area (Å²) in [5, 5.41) is 24.9. The maximum absolute atomic E-state index is 12.4. The molecule has 8 heteroatoms. The third kappa shape index (κ3) is 8.32. The Hall–Kier alpha value is -3.39. The zero-order chi connectivity index (χ0) is 21.8. The minimum absolute atomic E-state index is 0.00186. The number of nitrogens with one attached hydrogen (secondary N) is 4. The Bertz CT molecular complexity index is 814. The van der Waals surface area contributed by atoms with Crippen LogP contribution in [-0.4, -0.2) is 42.1 Å². The number of hydrogen-bond donors (Lipinski definition) is 6. The van der Waals surface area contributed by atoms with Gasteiger partial charge in [0.2, 0.25) is 5.91 Å². The van der Waals surface area contributed by atoms with Crippen molar-refractivity contribution in [2.45, 2.75) is 31.3 Å². The van der Waals surface area contributed by atoms with Crippen molar-refractivity contribution in [2.75, 3.05) is 13.1 Å². The minimum atomic E-state index is -1.09. The second-order valence-electron chi connectivity index (χ2n) is 6.97. The van der Waals surface area contributed by atoms with Gasteiger partial charge in [0.25, 0.3) is 0 Å². The second kappa shape index (κ2) is 12.2. The van der Waals surface area contributed by atoms with Crippen molar-refractivity contribution in [1.82, 2.24) is 16.0 Å². The molecular formula is C22H29N5O3.